The zero-order chi connectivity index (χ0) is 18.4. The van der Waals surface area contributed by atoms with Crippen molar-refractivity contribution in [2.75, 3.05) is 44.4 Å². The van der Waals surface area contributed by atoms with Crippen LogP contribution in [-0.4, -0.2) is 50.4 Å². The molecule has 0 saturated carbocycles. The fraction of sp³-hybridized carbons (Fsp3) is 0.632. The summed E-state index contributed by atoms with van der Waals surface area (Å²) in [6.07, 6.45) is 1.91. The van der Waals surface area contributed by atoms with Crippen molar-refractivity contribution in [1.29, 1.82) is 0 Å². The van der Waals surface area contributed by atoms with E-state index in [1.165, 1.54) is 12.8 Å². The summed E-state index contributed by atoms with van der Waals surface area (Å²) in [5.74, 6) is 1.39. The number of ether oxygens (including phenoxy) is 2. The largest absolute Gasteiger partial charge is 0.497 e. The first-order chi connectivity index (χ1) is 11.8. The van der Waals surface area contributed by atoms with E-state index in [4.69, 9.17) is 9.47 Å². The molecule has 0 aliphatic carbocycles. The van der Waals surface area contributed by atoms with Gasteiger partial charge >= 0.3 is 6.09 Å². The van der Waals surface area contributed by atoms with Gasteiger partial charge < -0.3 is 19.7 Å². The number of anilines is 2. The van der Waals surface area contributed by atoms with Crippen molar-refractivity contribution in [2.45, 2.75) is 39.2 Å². The second-order valence-electron chi connectivity index (χ2n) is 7.67. The highest BCUT2D eigenvalue weighted by molar-refractivity contribution is 5.90. The van der Waals surface area contributed by atoms with Gasteiger partial charge in [-0.05, 0) is 71.8 Å². The Balaban J connectivity index is 2.02. The Morgan fingerprint density at radius 3 is 2.52 bits per heavy atom. The molecule has 6 heteroatoms. The van der Waals surface area contributed by atoms with E-state index in [1.54, 1.807) is 7.11 Å². The second kappa shape index (κ2) is 8.43. The van der Waals surface area contributed by atoms with Gasteiger partial charge in [-0.1, -0.05) is 0 Å². The molecule has 2 N–H and O–H groups in total. The number of hydrogen-bond donors (Lipinski definition) is 2. The number of nitrogens with one attached hydrogen (secondary N) is 2. The molecule has 1 heterocycles. The van der Waals surface area contributed by atoms with Crippen LogP contribution in [0.1, 0.15) is 33.6 Å². The first-order valence-corrected chi connectivity index (χ1v) is 8.87. The summed E-state index contributed by atoms with van der Waals surface area (Å²) < 4.78 is 10.7. The zero-order valence-corrected chi connectivity index (χ0v) is 16.0. The highest BCUT2D eigenvalue weighted by Crippen LogP contribution is 2.28. The van der Waals surface area contributed by atoms with Crippen LogP contribution in [0.4, 0.5) is 16.2 Å². The fourth-order valence-electron chi connectivity index (χ4n) is 2.84. The molecule has 1 aliphatic heterocycles. The number of carbonyl (C=O) groups excluding carboxylic acids is 1. The lowest BCUT2D eigenvalue weighted by Crippen LogP contribution is -2.33. The van der Waals surface area contributed by atoms with Crippen molar-refractivity contribution in [3.8, 4) is 5.75 Å². The first kappa shape index (κ1) is 19.4. The van der Waals surface area contributed by atoms with E-state index >= 15 is 0 Å². The minimum atomic E-state index is -0.529. The Kier molecular flexibility index (Phi) is 6.53. The maximum atomic E-state index is 12.1. The van der Waals surface area contributed by atoms with Crippen molar-refractivity contribution in [1.82, 2.24) is 4.90 Å². The number of benzene rings is 1. The van der Waals surface area contributed by atoms with Crippen LogP contribution >= 0.6 is 0 Å². The number of hydrogen-bond acceptors (Lipinski definition) is 5. The third-order valence-corrected chi connectivity index (χ3v) is 4.28. The monoisotopic (exact) mass is 349 g/mol. The molecular formula is C19H31N3O3. The Labute approximate surface area is 150 Å². The van der Waals surface area contributed by atoms with Crippen molar-refractivity contribution < 1.29 is 14.3 Å². The number of nitrogens with zero attached hydrogens (tertiary/aromatic N) is 1. The van der Waals surface area contributed by atoms with Crippen molar-refractivity contribution in [3.05, 3.63) is 18.2 Å². The zero-order valence-electron chi connectivity index (χ0n) is 16.0. The Morgan fingerprint density at radius 1 is 1.24 bits per heavy atom. The van der Waals surface area contributed by atoms with Crippen LogP contribution in [0.25, 0.3) is 0 Å². The lowest BCUT2D eigenvalue weighted by molar-refractivity contribution is 0.0636. The van der Waals surface area contributed by atoms with Crippen LogP contribution in [0, 0.1) is 5.92 Å². The summed E-state index contributed by atoms with van der Waals surface area (Å²) in [6, 6.07) is 5.56. The molecule has 1 aromatic carbocycles. The van der Waals surface area contributed by atoms with E-state index in [9.17, 15) is 4.79 Å². The quantitative estimate of drug-likeness (QED) is 0.847. The highest BCUT2D eigenvalue weighted by Gasteiger charge is 2.19. The lowest BCUT2D eigenvalue weighted by Gasteiger charge is -2.29. The molecule has 0 unspecified atom stereocenters. The number of carbonyl (C=O) groups is 1. The predicted octanol–water partition coefficient (Wildman–Crippen LogP) is 3.80. The fourth-order valence-corrected chi connectivity index (χ4v) is 2.84. The van der Waals surface area contributed by atoms with E-state index in [0.29, 0.717) is 11.6 Å². The molecule has 1 fully saturated rings. The van der Waals surface area contributed by atoms with E-state index in [0.717, 1.165) is 31.1 Å². The van der Waals surface area contributed by atoms with E-state index in [-0.39, 0.29) is 0 Å². The van der Waals surface area contributed by atoms with Gasteiger partial charge in [0.15, 0.2) is 0 Å². The van der Waals surface area contributed by atoms with Gasteiger partial charge in [0.1, 0.15) is 11.4 Å². The Morgan fingerprint density at radius 2 is 1.92 bits per heavy atom. The highest BCUT2D eigenvalue weighted by atomic mass is 16.6. The van der Waals surface area contributed by atoms with Gasteiger partial charge in [0, 0.05) is 12.6 Å². The number of methoxy groups -OCH3 is 1. The van der Waals surface area contributed by atoms with Crippen LogP contribution in [0.5, 0.6) is 5.75 Å². The van der Waals surface area contributed by atoms with Crippen LogP contribution in [-0.2, 0) is 4.74 Å². The van der Waals surface area contributed by atoms with E-state index in [1.807, 2.05) is 39.0 Å². The molecule has 0 atom stereocenters. The summed E-state index contributed by atoms with van der Waals surface area (Å²) in [4.78, 5) is 14.4. The third kappa shape index (κ3) is 6.46. The smallest absolute Gasteiger partial charge is 0.412 e. The van der Waals surface area contributed by atoms with Crippen LogP contribution < -0.4 is 15.4 Å². The molecule has 1 aromatic rings. The normalized spacial score (nSPS) is 16.4. The molecule has 140 valence electrons. The summed E-state index contributed by atoms with van der Waals surface area (Å²) in [6.45, 7) is 8.69. The van der Waals surface area contributed by atoms with Gasteiger partial charge in [-0.2, -0.15) is 0 Å². The molecule has 0 radical (unpaired) electrons. The summed E-state index contributed by atoms with van der Waals surface area (Å²) in [7, 11) is 3.80. The minimum Gasteiger partial charge on any atom is -0.497 e. The average Bonchev–Trinajstić information content (AvgIpc) is 2.53. The molecule has 1 amide bonds. The van der Waals surface area contributed by atoms with Gasteiger partial charge in [0.25, 0.3) is 0 Å². The van der Waals surface area contributed by atoms with Crippen molar-refractivity contribution in [2.24, 2.45) is 5.92 Å². The van der Waals surface area contributed by atoms with Gasteiger partial charge in [0.05, 0.1) is 18.5 Å². The molecule has 0 bridgehead atoms. The molecule has 2 rings (SSSR count). The maximum absolute atomic E-state index is 12.1. The van der Waals surface area contributed by atoms with Gasteiger partial charge in [-0.3, -0.25) is 5.32 Å². The van der Waals surface area contributed by atoms with Gasteiger partial charge in [0.2, 0.25) is 0 Å². The number of likely N-dealkylation sites (tertiary alicyclic amines) is 1. The Hall–Kier alpha value is -1.95. The van der Waals surface area contributed by atoms with Gasteiger partial charge in [-0.25, -0.2) is 4.79 Å². The van der Waals surface area contributed by atoms with E-state index in [2.05, 4.69) is 22.6 Å². The average molecular weight is 349 g/mol. The minimum absolute atomic E-state index is 0.458. The van der Waals surface area contributed by atoms with Gasteiger partial charge in [-0.15, -0.1) is 0 Å². The topological polar surface area (TPSA) is 62.8 Å². The van der Waals surface area contributed by atoms with Crippen LogP contribution in [0.3, 0.4) is 0 Å². The lowest BCUT2D eigenvalue weighted by atomic mass is 9.97. The SMILES string of the molecule is COc1ccc(NC(=O)OC(C)(C)C)c(NCC2CCN(C)CC2)c1. The van der Waals surface area contributed by atoms with Crippen LogP contribution in [0.15, 0.2) is 18.2 Å². The first-order valence-electron chi connectivity index (χ1n) is 8.87. The van der Waals surface area contributed by atoms with E-state index < -0.39 is 11.7 Å². The standard InChI is InChI=1S/C19H31N3O3/c1-19(2,3)25-18(23)21-16-7-6-15(24-5)12-17(16)20-13-14-8-10-22(4)11-9-14/h6-7,12,14,20H,8-11,13H2,1-5H3,(H,21,23). The molecule has 0 aromatic heterocycles. The summed E-state index contributed by atoms with van der Waals surface area (Å²) >= 11 is 0. The molecule has 6 nitrogen and oxygen atoms in total. The van der Waals surface area contributed by atoms with Crippen molar-refractivity contribution >= 4 is 17.5 Å². The summed E-state index contributed by atoms with van der Waals surface area (Å²) in [5.41, 5.74) is 1.02. The molecule has 0 spiro atoms. The number of amides is 1. The predicted molar refractivity (Wildman–Crippen MR) is 102 cm³/mol. The third-order valence-electron chi connectivity index (χ3n) is 4.28. The molecule has 25 heavy (non-hydrogen) atoms. The second-order valence-corrected chi connectivity index (χ2v) is 7.67. The van der Waals surface area contributed by atoms with Crippen molar-refractivity contribution in [3.63, 3.8) is 0 Å². The molecule has 1 saturated heterocycles. The Bertz CT molecular complexity index is 576. The maximum Gasteiger partial charge on any atom is 0.412 e. The molecular weight excluding hydrogens is 318 g/mol. The number of piperidine rings is 1. The van der Waals surface area contributed by atoms with Crippen LogP contribution in [0.2, 0.25) is 0 Å². The molecule has 1 aliphatic rings. The summed E-state index contributed by atoms with van der Waals surface area (Å²) in [5, 5.41) is 6.30. The number of rotatable bonds is 5.